The van der Waals surface area contributed by atoms with Gasteiger partial charge in [-0.3, -0.25) is 4.79 Å². The molecule has 3 nitrogen and oxygen atoms in total. The third-order valence-corrected chi connectivity index (χ3v) is 4.24. The average Bonchev–Trinajstić information content (AvgIpc) is 2.74. The predicted octanol–water partition coefficient (Wildman–Crippen LogP) is 1.90. The van der Waals surface area contributed by atoms with Crippen LogP contribution in [0, 0.1) is 11.8 Å². The summed E-state index contributed by atoms with van der Waals surface area (Å²) >= 11 is 0. The third kappa shape index (κ3) is 1.44. The molecule has 0 aromatic carbocycles. The fraction of sp³-hybridized carbons (Fsp3) is 0.917. The summed E-state index contributed by atoms with van der Waals surface area (Å²) in [5.74, 6) is 0.643. The molecule has 0 amide bonds. The van der Waals surface area contributed by atoms with Gasteiger partial charge in [0.2, 0.25) is 0 Å². The molecule has 0 aromatic heterocycles. The Morgan fingerprint density at radius 2 is 1.87 bits per heavy atom. The molecule has 2 atom stereocenters. The highest BCUT2D eigenvalue weighted by Crippen LogP contribution is 2.48. The quantitative estimate of drug-likeness (QED) is 0.612. The van der Waals surface area contributed by atoms with Gasteiger partial charge in [0.25, 0.3) is 0 Å². The molecule has 1 heterocycles. The Balaban J connectivity index is 1.87. The second-order valence-corrected chi connectivity index (χ2v) is 4.97. The number of rotatable bonds is 0. The van der Waals surface area contributed by atoms with Crippen molar-refractivity contribution in [3.63, 3.8) is 0 Å². The molecule has 1 saturated heterocycles. The summed E-state index contributed by atoms with van der Waals surface area (Å²) < 4.78 is 11.6. The largest absolute Gasteiger partial charge is 0.347 e. The van der Waals surface area contributed by atoms with Crippen LogP contribution < -0.4 is 0 Å². The van der Waals surface area contributed by atoms with E-state index in [9.17, 15) is 4.79 Å². The Morgan fingerprint density at radius 3 is 2.67 bits per heavy atom. The number of Topliss-reactive ketones (excluding diaryl/α,β-unsaturated/α-hetero) is 1. The van der Waals surface area contributed by atoms with Crippen LogP contribution in [0.4, 0.5) is 0 Å². The van der Waals surface area contributed by atoms with Gasteiger partial charge in [0, 0.05) is 24.7 Å². The first kappa shape index (κ1) is 9.79. The second kappa shape index (κ2) is 3.56. The van der Waals surface area contributed by atoms with Crippen molar-refractivity contribution >= 4 is 5.78 Å². The van der Waals surface area contributed by atoms with Crippen molar-refractivity contribution in [1.82, 2.24) is 0 Å². The van der Waals surface area contributed by atoms with Gasteiger partial charge in [0.15, 0.2) is 5.79 Å². The molecule has 3 heteroatoms. The molecule has 2 aliphatic carbocycles. The zero-order chi connectivity index (χ0) is 10.3. The fourth-order valence-electron chi connectivity index (χ4n) is 3.54. The second-order valence-electron chi connectivity index (χ2n) is 4.97. The molecule has 0 N–H and O–H groups in total. The monoisotopic (exact) mass is 210 g/mol. The van der Waals surface area contributed by atoms with Gasteiger partial charge < -0.3 is 9.47 Å². The summed E-state index contributed by atoms with van der Waals surface area (Å²) in [5.41, 5.74) is 0. The van der Waals surface area contributed by atoms with Gasteiger partial charge in [-0.05, 0) is 12.8 Å². The minimum absolute atomic E-state index is 0.227. The summed E-state index contributed by atoms with van der Waals surface area (Å²) in [5, 5.41) is 0. The average molecular weight is 210 g/mol. The smallest absolute Gasteiger partial charge is 0.172 e. The van der Waals surface area contributed by atoms with Crippen molar-refractivity contribution in [3.8, 4) is 0 Å². The molecule has 0 aromatic rings. The number of hydrogen-bond acceptors (Lipinski definition) is 3. The van der Waals surface area contributed by atoms with E-state index in [1.54, 1.807) is 0 Å². The van der Waals surface area contributed by atoms with Crippen LogP contribution in [0.25, 0.3) is 0 Å². The number of hydrogen-bond donors (Lipinski definition) is 0. The van der Waals surface area contributed by atoms with Gasteiger partial charge in [0.1, 0.15) is 5.78 Å². The maximum Gasteiger partial charge on any atom is 0.172 e. The Labute approximate surface area is 90.1 Å². The molecule has 0 radical (unpaired) electrons. The molecule has 3 rings (SSSR count). The Morgan fingerprint density at radius 1 is 1.13 bits per heavy atom. The van der Waals surface area contributed by atoms with Gasteiger partial charge in [-0.1, -0.05) is 12.8 Å². The maximum absolute atomic E-state index is 11.9. The fourth-order valence-corrected chi connectivity index (χ4v) is 3.54. The van der Waals surface area contributed by atoms with Crippen molar-refractivity contribution in [1.29, 1.82) is 0 Å². The van der Waals surface area contributed by atoms with Crippen molar-refractivity contribution in [2.75, 3.05) is 13.2 Å². The van der Waals surface area contributed by atoms with Crippen molar-refractivity contribution < 1.29 is 14.3 Å². The van der Waals surface area contributed by atoms with Crippen molar-refractivity contribution in [3.05, 3.63) is 0 Å². The van der Waals surface area contributed by atoms with E-state index in [4.69, 9.17) is 9.47 Å². The number of ether oxygens (including phenoxy) is 2. The molecule has 1 spiro atoms. The molecular weight excluding hydrogens is 192 g/mol. The van der Waals surface area contributed by atoms with Crippen LogP contribution >= 0.6 is 0 Å². The van der Waals surface area contributed by atoms with Gasteiger partial charge in [-0.25, -0.2) is 0 Å². The molecular formula is C12H18O3. The molecule has 3 fully saturated rings. The lowest BCUT2D eigenvalue weighted by atomic mass is 9.67. The van der Waals surface area contributed by atoms with Gasteiger partial charge in [0.05, 0.1) is 13.2 Å². The van der Waals surface area contributed by atoms with Crippen LogP contribution in [0.5, 0.6) is 0 Å². The Bertz CT molecular complexity index is 268. The van der Waals surface area contributed by atoms with E-state index in [0.29, 0.717) is 31.3 Å². The van der Waals surface area contributed by atoms with E-state index < -0.39 is 0 Å². The van der Waals surface area contributed by atoms with Crippen LogP contribution in [0.1, 0.15) is 38.5 Å². The van der Waals surface area contributed by atoms with Crippen molar-refractivity contribution in [2.24, 2.45) is 11.8 Å². The summed E-state index contributed by atoms with van der Waals surface area (Å²) in [4.78, 5) is 11.9. The Hall–Kier alpha value is -0.410. The molecule has 2 saturated carbocycles. The summed E-state index contributed by atoms with van der Waals surface area (Å²) in [6.45, 7) is 1.41. The molecule has 0 bridgehead atoms. The van der Waals surface area contributed by atoms with E-state index in [1.807, 2.05) is 0 Å². The number of carbonyl (C=O) groups is 1. The zero-order valence-electron chi connectivity index (χ0n) is 9.04. The zero-order valence-corrected chi connectivity index (χ0v) is 9.04. The first-order chi connectivity index (χ1) is 7.32. The highest BCUT2D eigenvalue weighted by atomic mass is 16.7. The van der Waals surface area contributed by atoms with Gasteiger partial charge >= 0.3 is 0 Å². The predicted molar refractivity (Wildman–Crippen MR) is 54.3 cm³/mol. The maximum atomic E-state index is 11.9. The van der Waals surface area contributed by atoms with Crippen LogP contribution in [-0.2, 0) is 14.3 Å². The molecule has 84 valence electrons. The summed E-state index contributed by atoms with van der Waals surface area (Å²) in [6, 6.07) is 0. The minimum Gasteiger partial charge on any atom is -0.347 e. The van der Waals surface area contributed by atoms with Crippen LogP contribution in [0.15, 0.2) is 0 Å². The Kier molecular flexibility index (Phi) is 2.33. The first-order valence-corrected chi connectivity index (χ1v) is 6.12. The van der Waals surface area contributed by atoms with E-state index in [0.717, 1.165) is 19.3 Å². The normalized spacial score (nSPS) is 39.3. The van der Waals surface area contributed by atoms with Crippen LogP contribution in [0.2, 0.25) is 0 Å². The molecule has 0 unspecified atom stereocenters. The van der Waals surface area contributed by atoms with Gasteiger partial charge in [-0.15, -0.1) is 0 Å². The lowest BCUT2D eigenvalue weighted by molar-refractivity contribution is -0.228. The highest BCUT2D eigenvalue weighted by Gasteiger charge is 2.53. The topological polar surface area (TPSA) is 35.5 Å². The SMILES string of the molecule is O=C1CCC2(OCCO2)[C@H]2CCCC[C@@H]12. The third-order valence-electron chi connectivity index (χ3n) is 4.24. The van der Waals surface area contributed by atoms with Gasteiger partial charge in [-0.2, -0.15) is 0 Å². The highest BCUT2D eigenvalue weighted by molar-refractivity contribution is 5.82. The number of ketones is 1. The van der Waals surface area contributed by atoms with E-state index in [-0.39, 0.29) is 11.7 Å². The minimum atomic E-state index is -0.376. The summed E-state index contributed by atoms with van der Waals surface area (Å²) in [7, 11) is 0. The lowest BCUT2D eigenvalue weighted by Gasteiger charge is -2.45. The van der Waals surface area contributed by atoms with E-state index in [2.05, 4.69) is 0 Å². The van der Waals surface area contributed by atoms with E-state index >= 15 is 0 Å². The molecule has 1 aliphatic heterocycles. The number of carbonyl (C=O) groups excluding carboxylic acids is 1. The first-order valence-electron chi connectivity index (χ1n) is 6.12. The van der Waals surface area contributed by atoms with E-state index in [1.165, 1.54) is 12.8 Å². The number of fused-ring (bicyclic) bond motifs is 2. The standard InChI is InChI=1S/C12H18O3/c13-11-5-6-12(14-7-8-15-12)10-4-2-1-3-9(10)11/h9-10H,1-8H2/t9-,10+/m1/s1. The van der Waals surface area contributed by atoms with Crippen LogP contribution in [-0.4, -0.2) is 24.8 Å². The van der Waals surface area contributed by atoms with Crippen molar-refractivity contribution in [2.45, 2.75) is 44.3 Å². The molecule has 3 aliphatic rings. The lowest BCUT2D eigenvalue weighted by Crippen LogP contribution is -2.50. The summed E-state index contributed by atoms with van der Waals surface area (Å²) in [6.07, 6.45) is 6.02. The molecule has 15 heavy (non-hydrogen) atoms. The van der Waals surface area contributed by atoms with Crippen LogP contribution in [0.3, 0.4) is 0 Å².